The summed E-state index contributed by atoms with van der Waals surface area (Å²) in [6.07, 6.45) is 8.50. The second-order valence-electron chi connectivity index (χ2n) is 6.79. The molecule has 0 bridgehead atoms. The fraction of sp³-hybridized carbons (Fsp3) is 0.350. The van der Waals surface area contributed by atoms with Crippen LogP contribution in [-0.2, 0) is 24.2 Å². The van der Waals surface area contributed by atoms with Gasteiger partial charge in [-0.15, -0.1) is 0 Å². The Kier molecular flexibility index (Phi) is 4.66. The minimum atomic E-state index is -0.253. The average Bonchev–Trinajstić information content (AvgIpc) is 2.87. The van der Waals surface area contributed by atoms with E-state index in [0.717, 1.165) is 49.1 Å². The zero-order valence-corrected chi connectivity index (χ0v) is 15.3. The van der Waals surface area contributed by atoms with E-state index in [4.69, 9.17) is 4.74 Å². The first-order valence-corrected chi connectivity index (χ1v) is 9.19. The van der Waals surface area contributed by atoms with Crippen LogP contribution in [-0.4, -0.2) is 27.2 Å². The number of rotatable bonds is 4. The third-order valence-corrected chi connectivity index (χ3v) is 4.97. The molecule has 0 radical (unpaired) electrons. The molecule has 0 atom stereocenters. The smallest absolute Gasteiger partial charge is 0.277 e. The van der Waals surface area contributed by atoms with E-state index in [0.29, 0.717) is 11.2 Å². The van der Waals surface area contributed by atoms with Crippen LogP contribution < -0.4 is 15.6 Å². The lowest BCUT2D eigenvalue weighted by Gasteiger charge is -2.09. The van der Waals surface area contributed by atoms with Crippen LogP contribution in [0.3, 0.4) is 0 Å². The molecular formula is C20H22N4O3. The van der Waals surface area contributed by atoms with Gasteiger partial charge in [0.15, 0.2) is 0 Å². The topological polar surface area (TPSA) is 77.6 Å². The van der Waals surface area contributed by atoms with Crippen molar-refractivity contribution in [3.8, 4) is 5.75 Å². The van der Waals surface area contributed by atoms with Crippen molar-refractivity contribution in [1.82, 2.24) is 14.2 Å². The van der Waals surface area contributed by atoms with Crippen LogP contribution in [0.5, 0.6) is 5.75 Å². The number of aromatic nitrogens is 3. The van der Waals surface area contributed by atoms with Crippen molar-refractivity contribution in [3.63, 3.8) is 0 Å². The molecule has 0 saturated heterocycles. The van der Waals surface area contributed by atoms with Gasteiger partial charge in [0.25, 0.3) is 5.56 Å². The molecule has 0 unspecified atom stereocenters. The third kappa shape index (κ3) is 3.45. The lowest BCUT2D eigenvalue weighted by atomic mass is 10.1. The maximum Gasteiger partial charge on any atom is 0.277 e. The molecule has 7 heteroatoms. The highest BCUT2D eigenvalue weighted by molar-refractivity contribution is 5.90. The van der Waals surface area contributed by atoms with E-state index < -0.39 is 0 Å². The lowest BCUT2D eigenvalue weighted by molar-refractivity contribution is -0.116. The Morgan fingerprint density at radius 1 is 1.15 bits per heavy atom. The molecule has 4 rings (SSSR count). The normalized spacial score (nSPS) is 13.8. The van der Waals surface area contributed by atoms with Crippen molar-refractivity contribution in [2.45, 2.75) is 38.6 Å². The van der Waals surface area contributed by atoms with Crippen LogP contribution in [0.4, 0.5) is 5.69 Å². The zero-order valence-electron chi connectivity index (χ0n) is 15.3. The first-order chi connectivity index (χ1) is 13.2. The summed E-state index contributed by atoms with van der Waals surface area (Å²) >= 11 is 0. The summed E-state index contributed by atoms with van der Waals surface area (Å²) in [5.74, 6) is 0.466. The molecule has 7 nitrogen and oxygen atoms in total. The molecule has 0 aliphatic heterocycles. The summed E-state index contributed by atoms with van der Waals surface area (Å²) in [4.78, 5) is 25.3. The van der Waals surface area contributed by atoms with Gasteiger partial charge >= 0.3 is 0 Å². The van der Waals surface area contributed by atoms with Gasteiger partial charge in [0.05, 0.1) is 12.8 Å². The Bertz CT molecular complexity index is 1030. The van der Waals surface area contributed by atoms with Gasteiger partial charge in [0.2, 0.25) is 5.91 Å². The van der Waals surface area contributed by atoms with Gasteiger partial charge in [0.1, 0.15) is 17.8 Å². The van der Waals surface area contributed by atoms with E-state index in [1.165, 1.54) is 4.57 Å². The molecule has 0 saturated carbocycles. The number of fused-ring (bicyclic) bond motifs is 3. The van der Waals surface area contributed by atoms with E-state index in [9.17, 15) is 9.59 Å². The first kappa shape index (κ1) is 17.3. The maximum absolute atomic E-state index is 13.0. The Balaban J connectivity index is 1.58. The van der Waals surface area contributed by atoms with Crippen LogP contribution in [0.1, 0.15) is 30.5 Å². The highest BCUT2D eigenvalue weighted by atomic mass is 16.5. The fourth-order valence-corrected chi connectivity index (χ4v) is 3.59. The molecule has 1 amide bonds. The summed E-state index contributed by atoms with van der Waals surface area (Å²) in [5.41, 5.74) is 3.16. The number of ether oxygens (including phenoxy) is 1. The number of carbonyl (C=O) groups is 1. The standard InChI is InChI=1S/C20H22N4O3/c1-27-15-9-7-14(8-10-15)21-18(25)13-23-11-12-24-19(20(23)26)16-5-3-2-4-6-17(16)22-24/h7-12H,2-6,13H2,1H3,(H,21,25). The summed E-state index contributed by atoms with van der Waals surface area (Å²) in [6, 6.07) is 7.07. The molecule has 0 fully saturated rings. The molecule has 1 aliphatic carbocycles. The number of nitrogens with zero attached hydrogens (tertiary/aromatic N) is 3. The van der Waals surface area contributed by atoms with Gasteiger partial charge in [-0.25, -0.2) is 4.52 Å². The van der Waals surface area contributed by atoms with Gasteiger partial charge < -0.3 is 14.6 Å². The van der Waals surface area contributed by atoms with Gasteiger partial charge in [-0.2, -0.15) is 5.10 Å². The van der Waals surface area contributed by atoms with Crippen LogP contribution in [0.2, 0.25) is 0 Å². The van der Waals surface area contributed by atoms with Gasteiger partial charge in [-0.1, -0.05) is 6.42 Å². The second kappa shape index (κ2) is 7.26. The molecule has 2 aromatic heterocycles. The Morgan fingerprint density at radius 3 is 2.70 bits per heavy atom. The molecule has 27 heavy (non-hydrogen) atoms. The number of anilines is 1. The predicted octanol–water partition coefficient (Wildman–Crippen LogP) is 2.41. The number of hydrogen-bond donors (Lipinski definition) is 1. The molecule has 1 aliphatic rings. The Morgan fingerprint density at radius 2 is 1.93 bits per heavy atom. The highest BCUT2D eigenvalue weighted by Crippen LogP contribution is 2.22. The van der Waals surface area contributed by atoms with E-state index in [-0.39, 0.29) is 18.0 Å². The lowest BCUT2D eigenvalue weighted by Crippen LogP contribution is -2.28. The largest absolute Gasteiger partial charge is 0.497 e. The minimum Gasteiger partial charge on any atom is -0.497 e. The molecular weight excluding hydrogens is 344 g/mol. The number of methoxy groups -OCH3 is 1. The number of amides is 1. The molecule has 1 aromatic carbocycles. The third-order valence-electron chi connectivity index (χ3n) is 4.97. The average molecular weight is 366 g/mol. The van der Waals surface area contributed by atoms with Crippen molar-refractivity contribution in [2.75, 3.05) is 12.4 Å². The molecule has 1 N–H and O–H groups in total. The minimum absolute atomic E-state index is 0.0404. The molecule has 140 valence electrons. The number of aryl methyl sites for hydroxylation is 2. The zero-order chi connectivity index (χ0) is 18.8. The number of benzene rings is 1. The number of hydrogen-bond acceptors (Lipinski definition) is 4. The molecule has 0 spiro atoms. The van der Waals surface area contributed by atoms with Gasteiger partial charge in [-0.3, -0.25) is 9.59 Å². The summed E-state index contributed by atoms with van der Waals surface area (Å²) in [6.45, 7) is -0.0404. The van der Waals surface area contributed by atoms with E-state index >= 15 is 0 Å². The SMILES string of the molecule is COc1ccc(NC(=O)Cn2ccn3nc4c(c3c2=O)CCCCC4)cc1. The van der Waals surface area contributed by atoms with Crippen molar-refractivity contribution in [1.29, 1.82) is 0 Å². The summed E-state index contributed by atoms with van der Waals surface area (Å²) in [5, 5.41) is 7.38. The van der Waals surface area contributed by atoms with Crippen molar-refractivity contribution in [2.24, 2.45) is 0 Å². The summed E-state index contributed by atoms with van der Waals surface area (Å²) < 4.78 is 8.22. The summed E-state index contributed by atoms with van der Waals surface area (Å²) in [7, 11) is 1.59. The van der Waals surface area contributed by atoms with Gasteiger partial charge in [0, 0.05) is 23.6 Å². The first-order valence-electron chi connectivity index (χ1n) is 9.19. The van der Waals surface area contributed by atoms with Crippen LogP contribution in [0.25, 0.3) is 5.52 Å². The van der Waals surface area contributed by atoms with E-state index in [2.05, 4.69) is 10.4 Å². The quantitative estimate of drug-likeness (QED) is 0.720. The van der Waals surface area contributed by atoms with E-state index in [1.807, 2.05) is 0 Å². The van der Waals surface area contributed by atoms with E-state index in [1.54, 1.807) is 48.3 Å². The Hall–Kier alpha value is -3.09. The monoisotopic (exact) mass is 366 g/mol. The van der Waals surface area contributed by atoms with Crippen molar-refractivity contribution < 1.29 is 9.53 Å². The van der Waals surface area contributed by atoms with Crippen LogP contribution >= 0.6 is 0 Å². The van der Waals surface area contributed by atoms with Crippen molar-refractivity contribution in [3.05, 3.63) is 58.3 Å². The molecule has 2 heterocycles. The Labute approximate surface area is 156 Å². The molecule has 3 aromatic rings. The second-order valence-corrected chi connectivity index (χ2v) is 6.79. The number of nitrogens with one attached hydrogen (secondary N) is 1. The van der Waals surface area contributed by atoms with Crippen LogP contribution in [0.15, 0.2) is 41.5 Å². The highest BCUT2D eigenvalue weighted by Gasteiger charge is 2.19. The van der Waals surface area contributed by atoms with Gasteiger partial charge in [-0.05, 0) is 49.9 Å². The predicted molar refractivity (Wildman–Crippen MR) is 102 cm³/mol. The fourth-order valence-electron chi connectivity index (χ4n) is 3.59. The van der Waals surface area contributed by atoms with Crippen LogP contribution in [0, 0.1) is 0 Å². The van der Waals surface area contributed by atoms with Crippen molar-refractivity contribution >= 4 is 17.1 Å². The maximum atomic E-state index is 13.0. The number of carbonyl (C=O) groups excluding carboxylic acids is 1.